The van der Waals surface area contributed by atoms with Crippen LogP contribution in [0.1, 0.15) is 160 Å². The van der Waals surface area contributed by atoms with Crippen molar-refractivity contribution in [1.29, 1.82) is 0 Å². The van der Waals surface area contributed by atoms with Gasteiger partial charge in [0.05, 0.1) is 33.3 Å². The van der Waals surface area contributed by atoms with Crippen LogP contribution in [0.3, 0.4) is 0 Å². The maximum absolute atomic E-state index is 14.7. The third-order valence-electron chi connectivity index (χ3n) is 11.5. The quantitative estimate of drug-likeness (QED) is 0.266. The Labute approximate surface area is 262 Å². The van der Waals surface area contributed by atoms with E-state index in [1.807, 2.05) is 69.2 Å². The maximum Gasteiger partial charge on any atom is 0.262 e. The highest BCUT2D eigenvalue weighted by Gasteiger charge is 2.53. The molecule has 236 valence electrons. The lowest BCUT2D eigenvalue weighted by Gasteiger charge is -2.44. The van der Waals surface area contributed by atoms with Crippen LogP contribution >= 0.6 is 0 Å². The van der Waals surface area contributed by atoms with E-state index in [1.54, 1.807) is 41.5 Å². The molecule has 2 aliphatic heterocycles. The predicted molar refractivity (Wildman–Crippen MR) is 173 cm³/mol. The second kappa shape index (κ2) is 9.69. The molecule has 2 heterocycles. The van der Waals surface area contributed by atoms with Gasteiger partial charge in [-0.3, -0.25) is 33.8 Å². The Morgan fingerprint density at radius 2 is 0.636 bits per heavy atom. The molecule has 0 unspecified atom stereocenters. The van der Waals surface area contributed by atoms with Crippen molar-refractivity contribution < 1.29 is 24.0 Å². The van der Waals surface area contributed by atoms with Crippen molar-refractivity contribution in [3.05, 3.63) is 66.8 Å². The van der Waals surface area contributed by atoms with Gasteiger partial charge in [-0.2, -0.15) is 0 Å². The number of carbonyl (C=O) groups excluding carboxylic acids is 5. The number of amides is 4. The first kappa shape index (κ1) is 33.3. The standard InChI is InChI=1S/C37H48N2O5/c1-17-19(3)25-27(32(43)38(30(25)41)36(13,14)34(7,8)9)21(5)23(17)29(40)24-18(2)20(4)26-28(22(24)6)33(44)39(31(26)42)37(15,16)35(10,11)12/h1-16H3. The van der Waals surface area contributed by atoms with Crippen LogP contribution in [0.5, 0.6) is 0 Å². The lowest BCUT2D eigenvalue weighted by molar-refractivity contribution is 0.0208. The predicted octanol–water partition coefficient (Wildman–Crippen LogP) is 7.61. The van der Waals surface area contributed by atoms with Crippen molar-refractivity contribution in [2.45, 2.75) is 122 Å². The fourth-order valence-electron chi connectivity index (χ4n) is 6.51. The Balaban J connectivity index is 1.97. The number of ketones is 1. The number of hydrogen-bond donors (Lipinski definition) is 0. The summed E-state index contributed by atoms with van der Waals surface area (Å²) in [5.74, 6) is -1.83. The molecular weight excluding hydrogens is 552 g/mol. The summed E-state index contributed by atoms with van der Waals surface area (Å²) < 4.78 is 0. The van der Waals surface area contributed by atoms with Crippen LogP contribution in [0.15, 0.2) is 0 Å². The van der Waals surface area contributed by atoms with E-state index in [2.05, 4.69) is 0 Å². The monoisotopic (exact) mass is 600 g/mol. The normalized spacial score (nSPS) is 15.9. The third kappa shape index (κ3) is 4.10. The second-order valence-electron chi connectivity index (χ2n) is 15.8. The van der Waals surface area contributed by atoms with Gasteiger partial charge in [0.15, 0.2) is 5.78 Å². The van der Waals surface area contributed by atoms with Crippen LogP contribution in [0.25, 0.3) is 0 Å². The van der Waals surface area contributed by atoms with Gasteiger partial charge >= 0.3 is 0 Å². The number of imide groups is 2. The molecule has 0 aromatic heterocycles. The average Bonchev–Trinajstić information content (AvgIpc) is 3.29. The highest BCUT2D eigenvalue weighted by molar-refractivity contribution is 6.27. The highest BCUT2D eigenvalue weighted by atomic mass is 16.2. The van der Waals surface area contributed by atoms with E-state index in [-0.39, 0.29) is 28.7 Å². The van der Waals surface area contributed by atoms with E-state index in [0.29, 0.717) is 55.6 Å². The summed E-state index contributed by atoms with van der Waals surface area (Å²) in [6.45, 7) is 30.2. The van der Waals surface area contributed by atoms with Crippen LogP contribution < -0.4 is 0 Å². The van der Waals surface area contributed by atoms with Gasteiger partial charge in [0, 0.05) is 11.1 Å². The zero-order valence-electron chi connectivity index (χ0n) is 29.4. The molecule has 0 saturated carbocycles. The van der Waals surface area contributed by atoms with Crippen LogP contribution in [0.4, 0.5) is 0 Å². The molecule has 0 aliphatic carbocycles. The molecule has 2 aromatic carbocycles. The van der Waals surface area contributed by atoms with E-state index in [0.717, 1.165) is 0 Å². The van der Waals surface area contributed by atoms with Gasteiger partial charge in [0.1, 0.15) is 0 Å². The first-order valence-electron chi connectivity index (χ1n) is 15.4. The summed E-state index contributed by atoms with van der Waals surface area (Å²) in [5.41, 5.74) is 2.88. The molecule has 7 nitrogen and oxygen atoms in total. The Kier molecular flexibility index (Phi) is 7.33. The molecule has 4 rings (SSSR count). The summed E-state index contributed by atoms with van der Waals surface area (Å²) in [4.78, 5) is 73.1. The number of rotatable bonds is 4. The molecule has 7 heteroatoms. The van der Waals surface area contributed by atoms with E-state index in [1.165, 1.54) is 9.80 Å². The van der Waals surface area contributed by atoms with Gasteiger partial charge in [0.25, 0.3) is 23.6 Å². The van der Waals surface area contributed by atoms with Gasteiger partial charge in [-0.05, 0) is 113 Å². The van der Waals surface area contributed by atoms with E-state index >= 15 is 0 Å². The molecule has 0 N–H and O–H groups in total. The molecule has 0 spiro atoms. The fraction of sp³-hybridized carbons (Fsp3) is 0.541. The summed E-state index contributed by atoms with van der Waals surface area (Å²) in [6, 6.07) is 0. The van der Waals surface area contributed by atoms with Gasteiger partial charge < -0.3 is 0 Å². The van der Waals surface area contributed by atoms with Crippen molar-refractivity contribution >= 4 is 29.4 Å². The average molecular weight is 601 g/mol. The minimum Gasteiger partial charge on any atom is -0.289 e. The van der Waals surface area contributed by atoms with Crippen molar-refractivity contribution in [3.8, 4) is 0 Å². The lowest BCUT2D eigenvalue weighted by atomic mass is 9.75. The summed E-state index contributed by atoms with van der Waals surface area (Å²) in [6.07, 6.45) is 0. The highest BCUT2D eigenvalue weighted by Crippen LogP contribution is 2.45. The van der Waals surface area contributed by atoms with Crippen LogP contribution in [0.2, 0.25) is 0 Å². The molecule has 0 bridgehead atoms. The number of hydrogen-bond acceptors (Lipinski definition) is 5. The van der Waals surface area contributed by atoms with Gasteiger partial charge in [0.2, 0.25) is 0 Å². The first-order chi connectivity index (χ1) is 19.8. The van der Waals surface area contributed by atoms with Crippen LogP contribution in [-0.4, -0.2) is 50.3 Å². The zero-order valence-corrected chi connectivity index (χ0v) is 29.4. The number of benzene rings is 2. The first-order valence-corrected chi connectivity index (χ1v) is 15.4. The zero-order chi connectivity index (χ0) is 34.0. The van der Waals surface area contributed by atoms with E-state index in [9.17, 15) is 24.0 Å². The van der Waals surface area contributed by atoms with E-state index < -0.39 is 33.7 Å². The van der Waals surface area contributed by atoms with Gasteiger partial charge in [-0.25, -0.2) is 0 Å². The second-order valence-corrected chi connectivity index (χ2v) is 15.8. The molecule has 0 saturated heterocycles. The van der Waals surface area contributed by atoms with Crippen molar-refractivity contribution in [1.82, 2.24) is 9.80 Å². The minimum absolute atomic E-state index is 0.260. The third-order valence-corrected chi connectivity index (χ3v) is 11.5. The Morgan fingerprint density at radius 1 is 0.409 bits per heavy atom. The number of carbonyl (C=O) groups is 5. The molecule has 0 fully saturated rings. The van der Waals surface area contributed by atoms with Crippen molar-refractivity contribution in [3.63, 3.8) is 0 Å². The smallest absolute Gasteiger partial charge is 0.262 e. The molecule has 2 aliphatic rings. The summed E-state index contributed by atoms with van der Waals surface area (Å²) in [7, 11) is 0. The topological polar surface area (TPSA) is 91.8 Å². The fourth-order valence-corrected chi connectivity index (χ4v) is 6.51. The minimum atomic E-state index is -0.791. The van der Waals surface area contributed by atoms with Crippen molar-refractivity contribution in [2.24, 2.45) is 10.8 Å². The molecular formula is C37H48N2O5. The summed E-state index contributed by atoms with van der Waals surface area (Å²) in [5, 5.41) is 0. The number of nitrogens with zero attached hydrogens (tertiary/aromatic N) is 2. The molecule has 2 aromatic rings. The Bertz CT molecular complexity index is 1600. The molecule has 0 atom stereocenters. The summed E-state index contributed by atoms with van der Waals surface area (Å²) >= 11 is 0. The Hall–Kier alpha value is -3.61. The molecule has 44 heavy (non-hydrogen) atoms. The molecule has 4 amide bonds. The van der Waals surface area contributed by atoms with Crippen molar-refractivity contribution in [2.75, 3.05) is 0 Å². The van der Waals surface area contributed by atoms with Gasteiger partial charge in [-0.1, -0.05) is 41.5 Å². The maximum atomic E-state index is 14.7. The lowest BCUT2D eigenvalue weighted by Crippen LogP contribution is -2.55. The van der Waals surface area contributed by atoms with Crippen LogP contribution in [-0.2, 0) is 0 Å². The van der Waals surface area contributed by atoms with E-state index in [4.69, 9.17) is 0 Å². The van der Waals surface area contributed by atoms with Gasteiger partial charge in [-0.15, -0.1) is 0 Å². The largest absolute Gasteiger partial charge is 0.289 e. The number of fused-ring (bicyclic) bond motifs is 2. The SMILES string of the molecule is Cc1c(C)c2c(c(C)c1C(=O)c1c(C)c(C)c3c(c1C)C(=O)N(C(C)(C)C(C)(C)C)C3=O)C(=O)N(C(C)(C)C(C)(C)C)C2=O. The molecule has 0 radical (unpaired) electrons. The van der Waals surface area contributed by atoms with Crippen LogP contribution in [0, 0.1) is 52.4 Å². The Morgan fingerprint density at radius 3 is 0.864 bits per heavy atom.